The number of carbonyl (C=O) groups is 1. The lowest BCUT2D eigenvalue weighted by molar-refractivity contribution is 0.100. The Hall–Kier alpha value is -2.67. The zero-order chi connectivity index (χ0) is 18.3. The molecule has 26 heavy (non-hydrogen) atoms. The van der Waals surface area contributed by atoms with Crippen LogP contribution in [0, 0.1) is 10.5 Å². The largest absolute Gasteiger partial charge is 0.366 e. The number of halogens is 1. The number of hydrogen-bond donors (Lipinski definition) is 1. The average Bonchev–Trinajstić information content (AvgIpc) is 2.99. The van der Waals surface area contributed by atoms with Crippen LogP contribution in [0.1, 0.15) is 15.9 Å². The average molecular weight is 453 g/mol. The topological polar surface area (TPSA) is 60.9 Å². The zero-order valence-corrected chi connectivity index (χ0v) is 16.3. The second kappa shape index (κ2) is 6.57. The van der Waals surface area contributed by atoms with E-state index in [0.29, 0.717) is 5.56 Å². The Kier molecular flexibility index (Phi) is 4.24. The maximum Gasteiger partial charge on any atom is 0.248 e. The van der Waals surface area contributed by atoms with E-state index in [-0.39, 0.29) is 0 Å². The molecule has 4 nitrogen and oxygen atoms in total. The number of aromatic nitrogens is 2. The molecule has 0 saturated heterocycles. The van der Waals surface area contributed by atoms with E-state index in [1.165, 1.54) is 5.56 Å². The molecule has 0 aliphatic heterocycles. The zero-order valence-electron chi connectivity index (χ0n) is 14.1. The third-order valence-electron chi connectivity index (χ3n) is 4.39. The van der Waals surface area contributed by atoms with Crippen molar-refractivity contribution in [2.45, 2.75) is 6.92 Å². The van der Waals surface area contributed by atoms with Crippen molar-refractivity contribution in [2.24, 2.45) is 5.73 Å². The highest BCUT2D eigenvalue weighted by molar-refractivity contribution is 14.1. The van der Waals surface area contributed by atoms with Crippen LogP contribution < -0.4 is 5.73 Å². The fraction of sp³-hybridized carbons (Fsp3) is 0.0476. The highest BCUT2D eigenvalue weighted by Gasteiger charge is 2.12. The molecule has 0 spiro atoms. The van der Waals surface area contributed by atoms with Crippen LogP contribution in [-0.4, -0.2) is 15.5 Å². The molecule has 4 aromatic rings. The summed E-state index contributed by atoms with van der Waals surface area (Å²) in [6.07, 6.45) is 3.93. The SMILES string of the molecule is Cc1ccc(-n2cc(I)c3cc(-c4cccc(C(N)=O)c4)cnc32)cc1. The summed E-state index contributed by atoms with van der Waals surface area (Å²) in [6, 6.07) is 17.8. The maximum atomic E-state index is 11.4. The Bertz CT molecular complexity index is 1130. The van der Waals surface area contributed by atoms with Gasteiger partial charge in [0.15, 0.2) is 0 Å². The third-order valence-corrected chi connectivity index (χ3v) is 5.25. The number of rotatable bonds is 3. The van der Waals surface area contributed by atoms with Crippen molar-refractivity contribution in [1.82, 2.24) is 9.55 Å². The molecule has 0 fully saturated rings. The quantitative estimate of drug-likeness (QED) is 0.457. The molecule has 2 aromatic carbocycles. The van der Waals surface area contributed by atoms with Crippen LogP contribution in [0.25, 0.3) is 27.8 Å². The lowest BCUT2D eigenvalue weighted by Gasteiger charge is -2.07. The predicted octanol–water partition coefficient (Wildman–Crippen LogP) is 4.70. The first-order chi connectivity index (χ1) is 12.5. The minimum absolute atomic E-state index is 0.430. The molecule has 0 aliphatic carbocycles. The molecule has 0 bridgehead atoms. The van der Waals surface area contributed by atoms with E-state index in [1.807, 2.05) is 18.3 Å². The number of carbonyl (C=O) groups excluding carboxylic acids is 1. The molecule has 4 rings (SSSR count). The number of nitrogens with zero attached hydrogens (tertiary/aromatic N) is 2. The van der Waals surface area contributed by atoms with Crippen molar-refractivity contribution in [1.29, 1.82) is 0 Å². The van der Waals surface area contributed by atoms with Gasteiger partial charge in [-0.3, -0.25) is 4.79 Å². The van der Waals surface area contributed by atoms with Crippen molar-refractivity contribution in [2.75, 3.05) is 0 Å². The first-order valence-electron chi connectivity index (χ1n) is 8.17. The van der Waals surface area contributed by atoms with Gasteiger partial charge in [0.05, 0.1) is 0 Å². The summed E-state index contributed by atoms with van der Waals surface area (Å²) in [5.74, 6) is -0.430. The minimum atomic E-state index is -0.430. The van der Waals surface area contributed by atoms with Crippen LogP contribution in [0.5, 0.6) is 0 Å². The molecule has 0 aliphatic rings. The minimum Gasteiger partial charge on any atom is -0.366 e. The molecular formula is C21H16IN3O. The van der Waals surface area contributed by atoms with E-state index in [4.69, 9.17) is 10.7 Å². The highest BCUT2D eigenvalue weighted by Crippen LogP contribution is 2.29. The molecule has 0 saturated carbocycles. The molecular weight excluding hydrogens is 437 g/mol. The van der Waals surface area contributed by atoms with E-state index in [0.717, 1.165) is 31.4 Å². The summed E-state index contributed by atoms with van der Waals surface area (Å²) >= 11 is 2.33. The first-order valence-corrected chi connectivity index (χ1v) is 9.25. The Morgan fingerprint density at radius 3 is 2.58 bits per heavy atom. The van der Waals surface area contributed by atoms with Crippen molar-refractivity contribution < 1.29 is 4.79 Å². The first kappa shape index (κ1) is 16.8. The van der Waals surface area contributed by atoms with Crippen LogP contribution in [0.2, 0.25) is 0 Å². The fourth-order valence-corrected chi connectivity index (χ4v) is 3.66. The van der Waals surface area contributed by atoms with E-state index < -0.39 is 5.91 Å². The van der Waals surface area contributed by atoms with Crippen LogP contribution >= 0.6 is 22.6 Å². The van der Waals surface area contributed by atoms with Crippen molar-refractivity contribution in [3.05, 3.63) is 81.7 Å². The second-order valence-corrected chi connectivity index (χ2v) is 7.38. The number of hydrogen-bond acceptors (Lipinski definition) is 2. The van der Waals surface area contributed by atoms with Crippen molar-refractivity contribution in [3.8, 4) is 16.8 Å². The smallest absolute Gasteiger partial charge is 0.248 e. The number of nitrogens with two attached hydrogens (primary N) is 1. The monoisotopic (exact) mass is 453 g/mol. The molecule has 2 heterocycles. The number of aryl methyl sites for hydroxylation is 1. The fourth-order valence-electron chi connectivity index (χ4n) is 2.98. The van der Waals surface area contributed by atoms with E-state index in [1.54, 1.807) is 12.1 Å². The summed E-state index contributed by atoms with van der Waals surface area (Å²) < 4.78 is 3.22. The van der Waals surface area contributed by atoms with Crippen LogP contribution in [0.3, 0.4) is 0 Å². The van der Waals surface area contributed by atoms with Gasteiger partial charge in [0.25, 0.3) is 0 Å². The van der Waals surface area contributed by atoms with Crippen LogP contribution in [0.15, 0.2) is 67.0 Å². The van der Waals surface area contributed by atoms with Gasteiger partial charge in [-0.25, -0.2) is 4.98 Å². The molecule has 5 heteroatoms. The van der Waals surface area contributed by atoms with Crippen LogP contribution in [-0.2, 0) is 0 Å². The number of primary amides is 1. The van der Waals surface area contributed by atoms with E-state index in [2.05, 4.69) is 70.6 Å². The summed E-state index contributed by atoms with van der Waals surface area (Å²) in [5, 5.41) is 1.08. The van der Waals surface area contributed by atoms with Gasteiger partial charge in [0, 0.05) is 38.2 Å². The number of fused-ring (bicyclic) bond motifs is 1. The van der Waals surface area contributed by atoms with Gasteiger partial charge >= 0.3 is 0 Å². The van der Waals surface area contributed by atoms with Gasteiger partial charge in [-0.15, -0.1) is 0 Å². The normalized spacial score (nSPS) is 11.0. The third kappa shape index (κ3) is 2.99. The van der Waals surface area contributed by atoms with Gasteiger partial charge in [0.2, 0.25) is 5.91 Å². The maximum absolute atomic E-state index is 11.4. The van der Waals surface area contributed by atoms with Gasteiger partial charge in [-0.2, -0.15) is 0 Å². The highest BCUT2D eigenvalue weighted by atomic mass is 127. The number of pyridine rings is 1. The lowest BCUT2D eigenvalue weighted by Crippen LogP contribution is -2.10. The summed E-state index contributed by atoms with van der Waals surface area (Å²) in [7, 11) is 0. The number of benzene rings is 2. The molecule has 0 radical (unpaired) electrons. The Morgan fingerprint density at radius 1 is 1.08 bits per heavy atom. The van der Waals surface area contributed by atoms with E-state index >= 15 is 0 Å². The lowest BCUT2D eigenvalue weighted by atomic mass is 10.0. The number of amides is 1. The molecule has 0 unspecified atom stereocenters. The molecule has 1 amide bonds. The molecule has 128 valence electrons. The molecule has 0 atom stereocenters. The summed E-state index contributed by atoms with van der Waals surface area (Å²) in [6.45, 7) is 2.08. The van der Waals surface area contributed by atoms with Gasteiger partial charge in [0.1, 0.15) is 5.65 Å². The van der Waals surface area contributed by atoms with Gasteiger partial charge < -0.3 is 10.3 Å². The van der Waals surface area contributed by atoms with Gasteiger partial charge in [-0.05, 0) is 65.4 Å². The summed E-state index contributed by atoms with van der Waals surface area (Å²) in [5.41, 5.74) is 11.0. The van der Waals surface area contributed by atoms with Crippen molar-refractivity contribution >= 4 is 39.5 Å². The van der Waals surface area contributed by atoms with E-state index in [9.17, 15) is 4.79 Å². The Labute approximate surface area is 164 Å². The van der Waals surface area contributed by atoms with Crippen LogP contribution in [0.4, 0.5) is 0 Å². The van der Waals surface area contributed by atoms with Gasteiger partial charge in [-0.1, -0.05) is 29.8 Å². The molecule has 2 N–H and O–H groups in total. The summed E-state index contributed by atoms with van der Waals surface area (Å²) in [4.78, 5) is 16.1. The Balaban J connectivity index is 1.84. The second-order valence-electron chi connectivity index (χ2n) is 6.22. The standard InChI is InChI=1S/C21H16IN3O/c1-13-5-7-17(8-6-13)25-12-19(22)18-10-16(11-24-21(18)25)14-3-2-4-15(9-14)20(23)26/h2-12H,1H3,(H2,23,26). The van der Waals surface area contributed by atoms with Crippen molar-refractivity contribution in [3.63, 3.8) is 0 Å². The molecule has 2 aromatic heterocycles. The Morgan fingerprint density at radius 2 is 1.85 bits per heavy atom. The predicted molar refractivity (Wildman–Crippen MR) is 112 cm³/mol.